The molecule has 5 heteroatoms. The summed E-state index contributed by atoms with van der Waals surface area (Å²) < 4.78 is 10.2. The third kappa shape index (κ3) is 5.37. The fourth-order valence-electron chi connectivity index (χ4n) is 2.81. The Balaban J connectivity index is 1.94. The van der Waals surface area contributed by atoms with Gasteiger partial charge in [0, 0.05) is 32.4 Å². The molecule has 0 aliphatic carbocycles. The summed E-state index contributed by atoms with van der Waals surface area (Å²) >= 11 is 0. The topological polar surface area (TPSA) is 59.0 Å². The molecule has 1 saturated heterocycles. The number of hydrogen-bond donors (Lipinski definition) is 1. The summed E-state index contributed by atoms with van der Waals surface area (Å²) in [4.78, 5) is 14.3. The van der Waals surface area contributed by atoms with Gasteiger partial charge in [-0.15, -0.1) is 0 Å². The number of likely N-dealkylation sites (tertiary alicyclic amines) is 1. The summed E-state index contributed by atoms with van der Waals surface area (Å²) in [5.41, 5.74) is 0.943. The highest BCUT2D eigenvalue weighted by Gasteiger charge is 2.24. The van der Waals surface area contributed by atoms with Crippen molar-refractivity contribution < 1.29 is 19.4 Å². The lowest BCUT2D eigenvalue weighted by molar-refractivity contribution is -0.129. The van der Waals surface area contributed by atoms with E-state index in [0.29, 0.717) is 6.42 Å². The van der Waals surface area contributed by atoms with Crippen molar-refractivity contribution in [2.45, 2.75) is 31.7 Å². The van der Waals surface area contributed by atoms with Crippen molar-refractivity contribution in [2.75, 3.05) is 27.1 Å². The van der Waals surface area contributed by atoms with Crippen LogP contribution in [0.25, 0.3) is 6.08 Å². The molecule has 0 radical (unpaired) electrons. The molecule has 1 atom stereocenters. The molecule has 1 unspecified atom stereocenters. The molecule has 1 aliphatic heterocycles. The van der Waals surface area contributed by atoms with Gasteiger partial charge in [-0.25, -0.2) is 0 Å². The number of ether oxygens (including phenoxy) is 2. The van der Waals surface area contributed by atoms with E-state index >= 15 is 0 Å². The fourth-order valence-corrected chi connectivity index (χ4v) is 2.81. The fraction of sp³-hybridized carbons (Fsp3) is 0.500. The average molecular weight is 319 g/mol. The molecule has 23 heavy (non-hydrogen) atoms. The minimum absolute atomic E-state index is 0.0165. The van der Waals surface area contributed by atoms with Crippen LogP contribution in [0.4, 0.5) is 0 Å². The van der Waals surface area contributed by atoms with Gasteiger partial charge >= 0.3 is 0 Å². The van der Waals surface area contributed by atoms with Gasteiger partial charge in [-0.05, 0) is 49.5 Å². The smallest absolute Gasteiger partial charge is 0.246 e. The van der Waals surface area contributed by atoms with Gasteiger partial charge in [0.15, 0.2) is 6.79 Å². The Morgan fingerprint density at radius 2 is 2.13 bits per heavy atom. The van der Waals surface area contributed by atoms with Crippen LogP contribution in [0.3, 0.4) is 0 Å². The molecule has 1 heterocycles. The van der Waals surface area contributed by atoms with E-state index in [4.69, 9.17) is 14.6 Å². The Kier molecular flexibility index (Phi) is 7.10. The highest BCUT2D eigenvalue weighted by atomic mass is 16.7. The third-order valence-electron chi connectivity index (χ3n) is 4.01. The first-order valence-corrected chi connectivity index (χ1v) is 8.06. The number of nitrogens with zero attached hydrogens (tertiary/aromatic N) is 1. The lowest BCUT2D eigenvalue weighted by Gasteiger charge is -2.34. The molecule has 1 aliphatic rings. The van der Waals surface area contributed by atoms with E-state index < -0.39 is 0 Å². The van der Waals surface area contributed by atoms with Crippen molar-refractivity contribution in [2.24, 2.45) is 0 Å². The second kappa shape index (κ2) is 9.33. The highest BCUT2D eigenvalue weighted by molar-refractivity contribution is 5.92. The number of carbonyl (C=O) groups is 1. The molecule has 0 spiro atoms. The van der Waals surface area contributed by atoms with Crippen molar-refractivity contribution in [3.05, 3.63) is 35.9 Å². The second-order valence-electron chi connectivity index (χ2n) is 5.65. The van der Waals surface area contributed by atoms with Crippen molar-refractivity contribution in [3.63, 3.8) is 0 Å². The van der Waals surface area contributed by atoms with E-state index in [1.807, 2.05) is 35.2 Å². The number of rotatable bonds is 7. The van der Waals surface area contributed by atoms with Gasteiger partial charge in [0.25, 0.3) is 0 Å². The SMILES string of the molecule is COCOc1ccc(/C=C/C(=O)N2CCCCC2CCO)cc1. The molecule has 1 fully saturated rings. The van der Waals surface area contributed by atoms with Crippen LogP contribution in [0.5, 0.6) is 5.75 Å². The molecule has 1 amide bonds. The second-order valence-corrected chi connectivity index (χ2v) is 5.65. The summed E-state index contributed by atoms with van der Waals surface area (Å²) in [6.45, 7) is 1.12. The molecule has 1 aromatic carbocycles. The summed E-state index contributed by atoms with van der Waals surface area (Å²) in [5.74, 6) is 0.747. The van der Waals surface area contributed by atoms with E-state index in [0.717, 1.165) is 37.1 Å². The first-order valence-electron chi connectivity index (χ1n) is 8.06. The predicted molar refractivity (Wildman–Crippen MR) is 89.0 cm³/mol. The number of hydrogen-bond acceptors (Lipinski definition) is 4. The van der Waals surface area contributed by atoms with Crippen molar-refractivity contribution >= 4 is 12.0 Å². The van der Waals surface area contributed by atoms with Crippen molar-refractivity contribution in [1.82, 2.24) is 4.90 Å². The van der Waals surface area contributed by atoms with E-state index in [-0.39, 0.29) is 25.3 Å². The zero-order valence-corrected chi connectivity index (χ0v) is 13.6. The van der Waals surface area contributed by atoms with E-state index in [2.05, 4.69) is 0 Å². The van der Waals surface area contributed by atoms with Gasteiger partial charge in [-0.1, -0.05) is 12.1 Å². The molecule has 1 N–H and O–H groups in total. The normalized spacial score (nSPS) is 18.3. The van der Waals surface area contributed by atoms with Crippen LogP contribution in [-0.4, -0.2) is 49.0 Å². The Bertz CT molecular complexity index is 510. The van der Waals surface area contributed by atoms with Crippen LogP contribution < -0.4 is 4.74 Å². The number of carbonyl (C=O) groups excluding carboxylic acids is 1. The van der Waals surface area contributed by atoms with Crippen LogP contribution in [0, 0.1) is 0 Å². The zero-order valence-electron chi connectivity index (χ0n) is 13.6. The molecule has 0 saturated carbocycles. The predicted octanol–water partition coefficient (Wildman–Crippen LogP) is 2.45. The summed E-state index contributed by atoms with van der Waals surface area (Å²) in [5, 5.41) is 9.14. The van der Waals surface area contributed by atoms with Crippen LogP contribution in [0.15, 0.2) is 30.3 Å². The van der Waals surface area contributed by atoms with Gasteiger partial charge in [0.2, 0.25) is 5.91 Å². The number of amides is 1. The molecular weight excluding hydrogens is 294 g/mol. The summed E-state index contributed by atoms with van der Waals surface area (Å²) in [6, 6.07) is 7.65. The lowest BCUT2D eigenvalue weighted by atomic mass is 9.99. The third-order valence-corrected chi connectivity index (χ3v) is 4.01. The maximum atomic E-state index is 12.4. The Labute approximate surface area is 137 Å². The Hall–Kier alpha value is -1.85. The molecule has 5 nitrogen and oxygen atoms in total. The minimum Gasteiger partial charge on any atom is -0.468 e. The van der Waals surface area contributed by atoms with Crippen LogP contribution >= 0.6 is 0 Å². The monoisotopic (exact) mass is 319 g/mol. The summed E-state index contributed by atoms with van der Waals surface area (Å²) in [7, 11) is 1.58. The standard InChI is InChI=1S/C18H25NO4/c1-22-14-23-17-8-5-15(6-9-17)7-10-18(21)19-12-3-2-4-16(19)11-13-20/h5-10,16,20H,2-4,11-14H2,1H3/b10-7+. The first-order chi connectivity index (χ1) is 11.2. The largest absolute Gasteiger partial charge is 0.468 e. The zero-order chi connectivity index (χ0) is 16.5. The van der Waals surface area contributed by atoms with Crippen LogP contribution in [-0.2, 0) is 9.53 Å². The molecule has 0 aromatic heterocycles. The van der Waals surface area contributed by atoms with E-state index in [1.54, 1.807) is 13.2 Å². The molecule has 1 aromatic rings. The minimum atomic E-state index is 0.0165. The molecule has 0 bridgehead atoms. The van der Waals surface area contributed by atoms with E-state index in [9.17, 15) is 4.79 Å². The van der Waals surface area contributed by atoms with Gasteiger partial charge in [-0.3, -0.25) is 4.79 Å². The van der Waals surface area contributed by atoms with Gasteiger partial charge < -0.3 is 19.5 Å². The quantitative estimate of drug-likeness (QED) is 0.619. The van der Waals surface area contributed by atoms with Gasteiger partial charge in [0.05, 0.1) is 0 Å². The Morgan fingerprint density at radius 1 is 1.35 bits per heavy atom. The average Bonchev–Trinajstić information content (AvgIpc) is 2.59. The molecular formula is C18H25NO4. The molecule has 126 valence electrons. The number of benzene rings is 1. The lowest BCUT2D eigenvalue weighted by Crippen LogP contribution is -2.43. The van der Waals surface area contributed by atoms with E-state index in [1.165, 1.54) is 0 Å². The van der Waals surface area contributed by atoms with Crippen LogP contribution in [0.1, 0.15) is 31.2 Å². The first kappa shape index (κ1) is 17.5. The maximum absolute atomic E-state index is 12.4. The number of methoxy groups -OCH3 is 1. The van der Waals surface area contributed by atoms with Crippen molar-refractivity contribution in [3.8, 4) is 5.75 Å². The van der Waals surface area contributed by atoms with Gasteiger partial charge in [-0.2, -0.15) is 0 Å². The number of piperidine rings is 1. The summed E-state index contributed by atoms with van der Waals surface area (Å²) in [6.07, 6.45) is 7.22. The number of aliphatic hydroxyl groups excluding tert-OH is 1. The Morgan fingerprint density at radius 3 is 2.83 bits per heavy atom. The number of aliphatic hydroxyl groups is 1. The van der Waals surface area contributed by atoms with Crippen molar-refractivity contribution in [1.29, 1.82) is 0 Å². The van der Waals surface area contributed by atoms with Gasteiger partial charge in [0.1, 0.15) is 5.75 Å². The maximum Gasteiger partial charge on any atom is 0.246 e. The highest BCUT2D eigenvalue weighted by Crippen LogP contribution is 2.20. The van der Waals surface area contributed by atoms with Crippen LogP contribution in [0.2, 0.25) is 0 Å². The molecule has 2 rings (SSSR count).